The molecule has 0 bridgehead atoms. The van der Waals surface area contributed by atoms with Gasteiger partial charge < -0.3 is 4.57 Å². The third kappa shape index (κ3) is 4.39. The largest absolute Gasteiger partial charge is 0.307 e. The fraction of sp³-hybridized carbons (Fsp3) is 0. The summed E-state index contributed by atoms with van der Waals surface area (Å²) in [6.45, 7) is 0. The number of para-hydroxylation sites is 3. The molecule has 12 rings (SSSR count). The molecule has 0 saturated carbocycles. The molecule has 0 aliphatic rings. The van der Waals surface area contributed by atoms with Gasteiger partial charge in [0.05, 0.1) is 38.8 Å². The lowest BCUT2D eigenvalue weighted by molar-refractivity contribution is 1.01. The van der Waals surface area contributed by atoms with E-state index >= 15 is 0 Å². The van der Waals surface area contributed by atoms with Gasteiger partial charge in [0.2, 0.25) is 5.95 Å². The van der Waals surface area contributed by atoms with Crippen LogP contribution in [0.1, 0.15) is 0 Å². The lowest BCUT2D eigenvalue weighted by atomic mass is 10.0. The van der Waals surface area contributed by atoms with E-state index in [1.165, 1.54) is 10.8 Å². The molecular weight excluding hydrogens is 673 g/mol. The summed E-state index contributed by atoms with van der Waals surface area (Å²) in [5.74, 6) is 0.657. The van der Waals surface area contributed by atoms with E-state index < -0.39 is 0 Å². The molecule has 256 valence electrons. The molecule has 0 aliphatic heterocycles. The summed E-state index contributed by atoms with van der Waals surface area (Å²) in [7, 11) is 0. The minimum absolute atomic E-state index is 0.657. The van der Waals surface area contributed by atoms with E-state index in [9.17, 15) is 0 Å². The highest BCUT2D eigenvalue weighted by Gasteiger charge is 2.21. The third-order valence-electron chi connectivity index (χ3n) is 11.1. The van der Waals surface area contributed by atoms with E-state index in [-0.39, 0.29) is 0 Å². The van der Waals surface area contributed by atoms with Crippen LogP contribution < -0.4 is 0 Å². The first-order valence-corrected chi connectivity index (χ1v) is 18.5. The van der Waals surface area contributed by atoms with E-state index in [1.807, 2.05) is 18.2 Å². The van der Waals surface area contributed by atoms with Crippen molar-refractivity contribution in [2.75, 3.05) is 0 Å². The number of imidazole rings is 1. The van der Waals surface area contributed by atoms with Gasteiger partial charge in [0.25, 0.3) is 0 Å². The molecule has 5 heterocycles. The predicted octanol–water partition coefficient (Wildman–Crippen LogP) is 12.0. The lowest BCUT2D eigenvalue weighted by Crippen LogP contribution is -2.03. The monoisotopic (exact) mass is 702 g/mol. The maximum Gasteiger partial charge on any atom is 0.235 e. The van der Waals surface area contributed by atoms with Gasteiger partial charge in [-0.3, -0.25) is 8.97 Å². The van der Waals surface area contributed by atoms with Crippen molar-refractivity contribution in [3.8, 4) is 34.0 Å². The van der Waals surface area contributed by atoms with Crippen LogP contribution >= 0.6 is 0 Å². The molecule has 0 spiro atoms. The highest BCUT2D eigenvalue weighted by molar-refractivity contribution is 6.18. The summed E-state index contributed by atoms with van der Waals surface area (Å²) < 4.78 is 6.75. The molecule has 6 nitrogen and oxygen atoms in total. The fourth-order valence-electron chi connectivity index (χ4n) is 8.60. The van der Waals surface area contributed by atoms with Gasteiger partial charge in [0, 0.05) is 44.4 Å². The highest BCUT2D eigenvalue weighted by Crippen LogP contribution is 2.40. The van der Waals surface area contributed by atoms with Crippen LogP contribution in [0, 0.1) is 0 Å². The summed E-state index contributed by atoms with van der Waals surface area (Å²) in [6.07, 6.45) is 2.09. The smallest absolute Gasteiger partial charge is 0.235 e. The lowest BCUT2D eigenvalue weighted by Gasteiger charge is -2.12. The summed E-state index contributed by atoms with van der Waals surface area (Å²) in [5, 5.41) is 5.72. The molecule has 0 N–H and O–H groups in total. The van der Waals surface area contributed by atoms with Gasteiger partial charge in [-0.2, -0.15) is 0 Å². The Bertz CT molecular complexity index is 3480. The molecule has 0 unspecified atom stereocenters. The second-order valence-electron chi connectivity index (χ2n) is 14.1. The predicted molar refractivity (Wildman–Crippen MR) is 225 cm³/mol. The maximum absolute atomic E-state index is 5.26. The quantitative estimate of drug-likeness (QED) is 0.183. The first kappa shape index (κ1) is 29.9. The van der Waals surface area contributed by atoms with Crippen molar-refractivity contribution in [1.82, 2.24) is 28.5 Å². The molecule has 0 atom stereocenters. The Balaban J connectivity index is 1.08. The van der Waals surface area contributed by atoms with Crippen molar-refractivity contribution in [2.24, 2.45) is 0 Å². The average Bonchev–Trinajstić information content (AvgIpc) is 3.91. The standard InChI is InChI=1S/C49H30N6/c1-3-13-31(14-4-1)46-37-18-7-9-19-40(37)50-49(52-46)55-41-20-10-8-17-35(41)38-29-32(23-26-43(38)55)33-22-25-42-39(30-33)36-24-27-44-47(51-45-21-11-12-28-53(44)45)48(36)54(42)34-15-5-2-6-16-34/h1-30H. The SMILES string of the molecule is c1ccc(-c2nc(-n3c4ccccc4c4cc(-c5ccc6c(c5)c5ccc7c(nc8ccccn87)c5n6-c5ccccc5)ccc43)nc3ccccc23)cc1. The molecule has 7 aromatic carbocycles. The number of hydrogen-bond donors (Lipinski definition) is 0. The zero-order valence-electron chi connectivity index (χ0n) is 29.5. The summed E-state index contributed by atoms with van der Waals surface area (Å²) in [5.41, 5.74) is 13.7. The van der Waals surface area contributed by atoms with E-state index in [1.54, 1.807) is 0 Å². The number of rotatable bonds is 4. The van der Waals surface area contributed by atoms with Gasteiger partial charge in [0.1, 0.15) is 11.2 Å². The van der Waals surface area contributed by atoms with Crippen molar-refractivity contribution in [1.29, 1.82) is 0 Å². The minimum Gasteiger partial charge on any atom is -0.307 e. The summed E-state index contributed by atoms with van der Waals surface area (Å²) in [6, 6.07) is 62.1. The zero-order chi connectivity index (χ0) is 36.0. The molecule has 0 aliphatic carbocycles. The highest BCUT2D eigenvalue weighted by atomic mass is 15.2. The van der Waals surface area contributed by atoms with Gasteiger partial charge in [0.15, 0.2) is 0 Å². The Morgan fingerprint density at radius 3 is 1.84 bits per heavy atom. The number of aromatic nitrogens is 6. The molecule has 12 aromatic rings. The topological polar surface area (TPSA) is 52.9 Å². The second-order valence-corrected chi connectivity index (χ2v) is 14.1. The normalized spacial score (nSPS) is 12.0. The van der Waals surface area contributed by atoms with Crippen molar-refractivity contribution in [2.45, 2.75) is 0 Å². The molecular formula is C49H30N6. The van der Waals surface area contributed by atoms with Crippen LogP contribution in [-0.2, 0) is 0 Å². The average molecular weight is 703 g/mol. The zero-order valence-corrected chi connectivity index (χ0v) is 29.5. The minimum atomic E-state index is 0.657. The second kappa shape index (κ2) is 11.5. The van der Waals surface area contributed by atoms with E-state index in [4.69, 9.17) is 15.0 Å². The molecule has 0 saturated heterocycles. The molecule has 0 amide bonds. The summed E-state index contributed by atoms with van der Waals surface area (Å²) in [4.78, 5) is 15.6. The Labute approximate surface area is 314 Å². The first-order chi connectivity index (χ1) is 27.3. The Morgan fingerprint density at radius 1 is 0.382 bits per heavy atom. The van der Waals surface area contributed by atoms with Crippen LogP contribution in [-0.4, -0.2) is 28.5 Å². The van der Waals surface area contributed by atoms with Crippen molar-refractivity contribution in [3.05, 3.63) is 182 Å². The van der Waals surface area contributed by atoms with Gasteiger partial charge in [-0.1, -0.05) is 103 Å². The van der Waals surface area contributed by atoms with E-state index in [2.05, 4.69) is 177 Å². The molecule has 55 heavy (non-hydrogen) atoms. The van der Waals surface area contributed by atoms with Crippen LogP contribution in [0.15, 0.2) is 182 Å². The van der Waals surface area contributed by atoms with E-state index in [0.717, 1.165) is 88.5 Å². The van der Waals surface area contributed by atoms with Crippen LogP contribution in [0.25, 0.3) is 105 Å². The van der Waals surface area contributed by atoms with Crippen LogP contribution in [0.3, 0.4) is 0 Å². The molecule has 5 aromatic heterocycles. The Kier molecular flexibility index (Phi) is 6.24. The Hall–Kier alpha value is -7.57. The number of fused-ring (bicyclic) bond motifs is 11. The molecule has 0 fully saturated rings. The third-order valence-corrected chi connectivity index (χ3v) is 11.1. The molecule has 0 radical (unpaired) electrons. The van der Waals surface area contributed by atoms with Crippen LogP contribution in [0.5, 0.6) is 0 Å². The van der Waals surface area contributed by atoms with Gasteiger partial charge in [-0.25, -0.2) is 15.0 Å². The number of pyridine rings is 1. The summed E-state index contributed by atoms with van der Waals surface area (Å²) >= 11 is 0. The maximum atomic E-state index is 5.26. The van der Waals surface area contributed by atoms with Crippen LogP contribution in [0.4, 0.5) is 0 Å². The van der Waals surface area contributed by atoms with Crippen LogP contribution in [0.2, 0.25) is 0 Å². The number of benzene rings is 7. The number of nitrogens with zero attached hydrogens (tertiary/aromatic N) is 6. The Morgan fingerprint density at radius 2 is 1.02 bits per heavy atom. The van der Waals surface area contributed by atoms with Crippen molar-refractivity contribution < 1.29 is 0 Å². The van der Waals surface area contributed by atoms with Crippen molar-refractivity contribution >= 4 is 71.2 Å². The number of hydrogen-bond acceptors (Lipinski definition) is 3. The first-order valence-electron chi connectivity index (χ1n) is 18.5. The fourth-order valence-corrected chi connectivity index (χ4v) is 8.60. The van der Waals surface area contributed by atoms with Gasteiger partial charge >= 0.3 is 0 Å². The molecule has 6 heteroatoms. The van der Waals surface area contributed by atoms with E-state index in [0.29, 0.717) is 5.95 Å². The van der Waals surface area contributed by atoms with Gasteiger partial charge in [-0.05, 0) is 83.9 Å². The van der Waals surface area contributed by atoms with Crippen molar-refractivity contribution in [3.63, 3.8) is 0 Å². The van der Waals surface area contributed by atoms with Gasteiger partial charge in [-0.15, -0.1) is 0 Å².